The van der Waals surface area contributed by atoms with Crippen molar-refractivity contribution in [3.05, 3.63) is 28.3 Å². The standard InChI is InChI=1S/C20H27N3O4S/c1-13(24)23-10-4-7-16(12-23)28(26,27)22-20(25)21-19-17-8-2-5-14(17)11-15-6-3-9-18(15)19/h11,16H,2-10,12H2,1H3,(H2,21,22,25). The first kappa shape index (κ1) is 19.2. The minimum absolute atomic E-state index is 0.133. The van der Waals surface area contributed by atoms with Gasteiger partial charge in [0, 0.05) is 25.7 Å². The summed E-state index contributed by atoms with van der Waals surface area (Å²) >= 11 is 0. The molecule has 0 bridgehead atoms. The second kappa shape index (κ2) is 7.39. The first-order chi connectivity index (χ1) is 13.3. The van der Waals surface area contributed by atoms with Crippen LogP contribution in [0.15, 0.2) is 6.07 Å². The van der Waals surface area contributed by atoms with Crippen LogP contribution in [0.1, 0.15) is 54.9 Å². The number of amides is 3. The molecular formula is C20H27N3O4S. The monoisotopic (exact) mass is 405 g/mol. The maximum atomic E-state index is 12.7. The van der Waals surface area contributed by atoms with E-state index in [4.69, 9.17) is 0 Å². The van der Waals surface area contributed by atoms with Gasteiger partial charge in [-0.15, -0.1) is 0 Å². The molecule has 0 aromatic heterocycles. The Morgan fingerprint density at radius 1 is 1.04 bits per heavy atom. The van der Waals surface area contributed by atoms with Crippen molar-refractivity contribution < 1.29 is 18.0 Å². The molecule has 2 N–H and O–H groups in total. The highest BCUT2D eigenvalue weighted by Crippen LogP contribution is 2.38. The van der Waals surface area contributed by atoms with Crippen LogP contribution in [0.25, 0.3) is 0 Å². The summed E-state index contributed by atoms with van der Waals surface area (Å²) in [5.74, 6) is -0.139. The Bertz CT molecular complexity index is 894. The lowest BCUT2D eigenvalue weighted by Crippen LogP contribution is -2.49. The number of nitrogens with zero attached hydrogens (tertiary/aromatic N) is 1. The number of benzene rings is 1. The van der Waals surface area contributed by atoms with Gasteiger partial charge in [-0.25, -0.2) is 17.9 Å². The molecule has 7 nitrogen and oxygen atoms in total. The quantitative estimate of drug-likeness (QED) is 0.805. The fraction of sp³-hybridized carbons (Fsp3) is 0.600. The van der Waals surface area contributed by atoms with Gasteiger partial charge in [0.25, 0.3) is 0 Å². The minimum atomic E-state index is -3.85. The van der Waals surface area contributed by atoms with Crippen LogP contribution in [-0.4, -0.2) is 43.6 Å². The summed E-state index contributed by atoms with van der Waals surface area (Å²) in [6.45, 7) is 2.13. The van der Waals surface area contributed by atoms with Crippen molar-refractivity contribution in [2.45, 2.75) is 63.5 Å². The van der Waals surface area contributed by atoms with E-state index in [1.807, 2.05) is 0 Å². The van der Waals surface area contributed by atoms with Crippen LogP contribution in [0.5, 0.6) is 0 Å². The van der Waals surface area contributed by atoms with Crippen molar-refractivity contribution in [1.82, 2.24) is 9.62 Å². The molecular weight excluding hydrogens is 378 g/mol. The van der Waals surface area contributed by atoms with Gasteiger partial charge in [-0.1, -0.05) is 6.07 Å². The van der Waals surface area contributed by atoms with E-state index in [0.29, 0.717) is 19.4 Å². The van der Waals surface area contributed by atoms with Gasteiger partial charge in [0.2, 0.25) is 15.9 Å². The zero-order valence-electron chi connectivity index (χ0n) is 16.2. The predicted molar refractivity (Wildman–Crippen MR) is 107 cm³/mol. The average Bonchev–Trinajstić information content (AvgIpc) is 3.30. The minimum Gasteiger partial charge on any atom is -0.342 e. The van der Waals surface area contributed by atoms with E-state index >= 15 is 0 Å². The number of hydrogen-bond donors (Lipinski definition) is 2. The van der Waals surface area contributed by atoms with Crippen molar-refractivity contribution >= 4 is 27.6 Å². The van der Waals surface area contributed by atoms with Crippen LogP contribution < -0.4 is 10.0 Å². The lowest BCUT2D eigenvalue weighted by molar-refractivity contribution is -0.129. The number of hydrogen-bond acceptors (Lipinski definition) is 4. The van der Waals surface area contributed by atoms with Gasteiger partial charge in [0.1, 0.15) is 0 Å². The molecule has 152 valence electrons. The largest absolute Gasteiger partial charge is 0.342 e. The van der Waals surface area contributed by atoms with E-state index in [0.717, 1.165) is 55.3 Å². The van der Waals surface area contributed by atoms with Crippen LogP contribution in [0, 0.1) is 0 Å². The third-order valence-corrected chi connectivity index (χ3v) is 7.94. The number of carbonyl (C=O) groups is 2. The van der Waals surface area contributed by atoms with Crippen LogP contribution in [-0.2, 0) is 40.5 Å². The normalized spacial score (nSPS) is 21.2. The molecule has 0 spiro atoms. The van der Waals surface area contributed by atoms with Crippen molar-refractivity contribution in [2.24, 2.45) is 0 Å². The first-order valence-corrected chi connectivity index (χ1v) is 11.6. The van der Waals surface area contributed by atoms with E-state index < -0.39 is 21.3 Å². The lowest BCUT2D eigenvalue weighted by Gasteiger charge is -2.31. The molecule has 1 saturated heterocycles. The summed E-state index contributed by atoms with van der Waals surface area (Å²) in [4.78, 5) is 25.7. The van der Waals surface area contributed by atoms with Gasteiger partial charge in [0.05, 0.1) is 5.25 Å². The van der Waals surface area contributed by atoms with E-state index in [9.17, 15) is 18.0 Å². The molecule has 1 aromatic rings. The van der Waals surface area contributed by atoms with Crippen molar-refractivity contribution in [1.29, 1.82) is 0 Å². The maximum Gasteiger partial charge on any atom is 0.332 e. The summed E-state index contributed by atoms with van der Waals surface area (Å²) in [5, 5.41) is 2.10. The molecule has 1 aliphatic heterocycles. The Hall–Kier alpha value is -2.09. The molecule has 0 radical (unpaired) electrons. The summed E-state index contributed by atoms with van der Waals surface area (Å²) < 4.78 is 27.6. The number of anilines is 1. The number of piperidine rings is 1. The molecule has 28 heavy (non-hydrogen) atoms. The predicted octanol–water partition coefficient (Wildman–Crippen LogP) is 2.13. The van der Waals surface area contributed by atoms with Crippen LogP contribution in [0.4, 0.5) is 10.5 Å². The number of likely N-dealkylation sites (tertiary alicyclic amines) is 1. The van der Waals surface area contributed by atoms with Crippen molar-refractivity contribution in [2.75, 3.05) is 18.4 Å². The molecule has 1 aromatic carbocycles. The molecule has 1 heterocycles. The fourth-order valence-electron chi connectivity index (χ4n) is 4.80. The van der Waals surface area contributed by atoms with Gasteiger partial charge < -0.3 is 10.2 Å². The van der Waals surface area contributed by atoms with Crippen LogP contribution in [0.2, 0.25) is 0 Å². The Kier molecular flexibility index (Phi) is 5.07. The molecule has 3 amide bonds. The number of fused-ring (bicyclic) bond motifs is 2. The van der Waals surface area contributed by atoms with E-state index in [1.165, 1.54) is 23.0 Å². The van der Waals surface area contributed by atoms with Gasteiger partial charge >= 0.3 is 6.03 Å². The molecule has 3 aliphatic rings. The zero-order valence-corrected chi connectivity index (χ0v) is 17.0. The Labute approximate surface area is 165 Å². The number of nitrogens with one attached hydrogen (secondary N) is 2. The number of urea groups is 1. The summed E-state index contributed by atoms with van der Waals surface area (Å²) in [7, 11) is -3.85. The van der Waals surface area contributed by atoms with Gasteiger partial charge in [0.15, 0.2) is 0 Å². The molecule has 1 unspecified atom stereocenters. The smallest absolute Gasteiger partial charge is 0.332 e. The Morgan fingerprint density at radius 2 is 1.68 bits per heavy atom. The SMILES string of the molecule is CC(=O)N1CCCC(S(=O)(=O)NC(=O)Nc2c3c(cc4c2CCC4)CCC3)C1. The van der Waals surface area contributed by atoms with Crippen molar-refractivity contribution in [3.63, 3.8) is 0 Å². The molecule has 4 rings (SSSR count). The summed E-state index contributed by atoms with van der Waals surface area (Å²) in [5.41, 5.74) is 5.71. The highest BCUT2D eigenvalue weighted by atomic mass is 32.2. The first-order valence-electron chi connectivity index (χ1n) is 10.1. The second-order valence-electron chi connectivity index (χ2n) is 8.06. The zero-order chi connectivity index (χ0) is 19.9. The Balaban J connectivity index is 1.50. The summed E-state index contributed by atoms with van der Waals surface area (Å²) in [6.07, 6.45) is 7.06. The molecule has 1 fully saturated rings. The topological polar surface area (TPSA) is 95.6 Å². The maximum absolute atomic E-state index is 12.7. The lowest BCUT2D eigenvalue weighted by atomic mass is 9.99. The number of carbonyl (C=O) groups excluding carboxylic acids is 2. The third kappa shape index (κ3) is 3.62. The van der Waals surface area contributed by atoms with E-state index in [-0.39, 0.29) is 12.5 Å². The summed E-state index contributed by atoms with van der Waals surface area (Å²) in [6, 6.07) is 1.57. The molecule has 0 saturated carbocycles. The fourth-order valence-corrected chi connectivity index (χ4v) is 6.13. The van der Waals surface area contributed by atoms with Crippen LogP contribution >= 0.6 is 0 Å². The molecule has 2 aliphatic carbocycles. The molecule has 8 heteroatoms. The van der Waals surface area contributed by atoms with E-state index in [2.05, 4.69) is 16.1 Å². The Morgan fingerprint density at radius 3 is 2.29 bits per heavy atom. The second-order valence-corrected chi connectivity index (χ2v) is 10.0. The van der Waals surface area contributed by atoms with E-state index in [1.54, 1.807) is 0 Å². The van der Waals surface area contributed by atoms with Gasteiger partial charge in [-0.3, -0.25) is 4.79 Å². The van der Waals surface area contributed by atoms with Crippen LogP contribution in [0.3, 0.4) is 0 Å². The third-order valence-electron chi connectivity index (χ3n) is 6.21. The number of rotatable bonds is 3. The highest BCUT2D eigenvalue weighted by Gasteiger charge is 2.33. The number of aryl methyl sites for hydroxylation is 2. The molecule has 1 atom stereocenters. The average molecular weight is 406 g/mol. The van der Waals surface area contributed by atoms with Gasteiger partial charge in [-0.2, -0.15) is 0 Å². The van der Waals surface area contributed by atoms with Gasteiger partial charge in [-0.05, 0) is 73.6 Å². The number of sulfonamides is 1. The van der Waals surface area contributed by atoms with Crippen molar-refractivity contribution in [3.8, 4) is 0 Å². The highest BCUT2D eigenvalue weighted by molar-refractivity contribution is 7.90.